The molecule has 4 aliphatic rings. The van der Waals surface area contributed by atoms with E-state index in [2.05, 4.69) is 33.4 Å². The van der Waals surface area contributed by atoms with Crippen LogP contribution in [0, 0.1) is 17.8 Å². The summed E-state index contributed by atoms with van der Waals surface area (Å²) in [5, 5.41) is 6.09. The number of nitrogens with one attached hydrogen (secondary N) is 2. The van der Waals surface area contributed by atoms with E-state index in [9.17, 15) is 4.79 Å². The smallest absolute Gasteiger partial charge is 0.319 e. The Kier molecular flexibility index (Phi) is 7.04. The minimum Gasteiger partial charge on any atom is -0.336 e. The monoisotopic (exact) mass is 416 g/mol. The lowest BCUT2D eigenvalue weighted by molar-refractivity contribution is -0.0142. The van der Waals surface area contributed by atoms with Gasteiger partial charge in [-0.25, -0.2) is 4.79 Å². The zero-order valence-electron chi connectivity index (χ0n) is 17.9. The van der Waals surface area contributed by atoms with Crippen LogP contribution in [0.3, 0.4) is 0 Å². The molecule has 0 saturated carbocycles. The van der Waals surface area contributed by atoms with Gasteiger partial charge in [0.2, 0.25) is 0 Å². The van der Waals surface area contributed by atoms with Crippen LogP contribution in [0.1, 0.15) is 32.6 Å². The summed E-state index contributed by atoms with van der Waals surface area (Å²) in [4.78, 5) is 18.9. The van der Waals surface area contributed by atoms with E-state index in [-0.39, 0.29) is 6.03 Å². The quantitative estimate of drug-likeness (QED) is 0.689. The molecular weight excluding hydrogens is 380 g/mol. The van der Waals surface area contributed by atoms with E-state index in [1.807, 2.05) is 24.5 Å². The van der Waals surface area contributed by atoms with Crippen molar-refractivity contribution in [1.82, 2.24) is 15.1 Å². The van der Waals surface area contributed by atoms with Crippen LogP contribution in [0.2, 0.25) is 0 Å². The second-order valence-corrected chi connectivity index (χ2v) is 10.1. The van der Waals surface area contributed by atoms with Gasteiger partial charge >= 0.3 is 6.03 Å². The average Bonchev–Trinajstić information content (AvgIpc) is 2.75. The predicted octanol–water partition coefficient (Wildman–Crippen LogP) is 3.97. The molecule has 4 saturated heterocycles. The van der Waals surface area contributed by atoms with Crippen LogP contribution in [0.5, 0.6) is 0 Å². The van der Waals surface area contributed by atoms with Gasteiger partial charge < -0.3 is 15.5 Å². The molecule has 4 fully saturated rings. The van der Waals surface area contributed by atoms with Crippen molar-refractivity contribution in [3.05, 3.63) is 24.3 Å². The molecule has 0 spiro atoms. The number of nitrogens with zero attached hydrogens (tertiary/aromatic N) is 2. The molecule has 4 aliphatic heterocycles. The number of fused-ring (bicyclic) bond motifs is 3. The van der Waals surface area contributed by atoms with Crippen molar-refractivity contribution in [2.24, 2.45) is 17.8 Å². The van der Waals surface area contributed by atoms with Crippen LogP contribution in [0.4, 0.5) is 10.5 Å². The Morgan fingerprint density at radius 3 is 2.76 bits per heavy atom. The van der Waals surface area contributed by atoms with Crippen LogP contribution < -0.4 is 10.6 Å². The summed E-state index contributed by atoms with van der Waals surface area (Å²) in [5.74, 6) is 2.55. The Morgan fingerprint density at radius 1 is 1.21 bits per heavy atom. The van der Waals surface area contributed by atoms with E-state index in [0.29, 0.717) is 6.04 Å². The maximum atomic E-state index is 12.4. The van der Waals surface area contributed by atoms with Gasteiger partial charge in [-0.05, 0) is 87.5 Å². The SMILES string of the molecule is CSc1cccc(NC(=O)NC[C@H]2C[C@@H]3CCN2C[C@H]3CN2CCC(C)CC2)c1. The maximum Gasteiger partial charge on any atom is 0.319 e. The number of piperidine rings is 4. The Balaban J connectivity index is 1.22. The second-order valence-electron chi connectivity index (χ2n) is 9.24. The number of carbonyl (C=O) groups excluding carboxylic acids is 1. The summed E-state index contributed by atoms with van der Waals surface area (Å²) in [6, 6.07) is 8.40. The van der Waals surface area contributed by atoms with Crippen molar-refractivity contribution in [3.8, 4) is 0 Å². The highest BCUT2D eigenvalue weighted by molar-refractivity contribution is 7.98. The molecule has 5 nitrogen and oxygen atoms in total. The lowest BCUT2D eigenvalue weighted by atomic mass is 9.75. The minimum absolute atomic E-state index is 0.0927. The first-order chi connectivity index (χ1) is 14.1. The zero-order valence-corrected chi connectivity index (χ0v) is 18.7. The number of urea groups is 1. The maximum absolute atomic E-state index is 12.4. The first kappa shape index (κ1) is 21.0. The number of rotatable bonds is 6. The molecule has 0 radical (unpaired) electrons. The van der Waals surface area contributed by atoms with Gasteiger partial charge in [-0.2, -0.15) is 0 Å². The van der Waals surface area contributed by atoms with E-state index in [4.69, 9.17) is 0 Å². The third kappa shape index (κ3) is 5.47. The number of likely N-dealkylation sites (tertiary alicyclic amines) is 1. The second kappa shape index (κ2) is 9.71. The molecule has 1 aromatic rings. The number of benzene rings is 1. The van der Waals surface area contributed by atoms with Crippen molar-refractivity contribution >= 4 is 23.5 Å². The fraction of sp³-hybridized carbons (Fsp3) is 0.696. The van der Waals surface area contributed by atoms with Crippen molar-refractivity contribution in [1.29, 1.82) is 0 Å². The molecule has 0 aromatic heterocycles. The minimum atomic E-state index is -0.0927. The van der Waals surface area contributed by atoms with Gasteiger partial charge in [0, 0.05) is 36.3 Å². The zero-order chi connectivity index (χ0) is 20.2. The number of amides is 2. The van der Waals surface area contributed by atoms with Crippen LogP contribution >= 0.6 is 11.8 Å². The fourth-order valence-corrected chi connectivity index (χ4v) is 5.79. The van der Waals surface area contributed by atoms with Crippen LogP contribution in [-0.4, -0.2) is 67.4 Å². The Labute approximate surface area is 180 Å². The Hall–Kier alpha value is -1.24. The van der Waals surface area contributed by atoms with Gasteiger partial charge in [0.15, 0.2) is 0 Å². The summed E-state index contributed by atoms with van der Waals surface area (Å²) in [6.45, 7) is 9.39. The molecular formula is C23H36N4OS. The van der Waals surface area contributed by atoms with Gasteiger partial charge in [0.05, 0.1) is 0 Å². The van der Waals surface area contributed by atoms with Crippen molar-refractivity contribution in [3.63, 3.8) is 0 Å². The van der Waals surface area contributed by atoms with Gasteiger partial charge in [-0.15, -0.1) is 11.8 Å². The van der Waals surface area contributed by atoms with Crippen LogP contribution in [-0.2, 0) is 0 Å². The van der Waals surface area contributed by atoms with Crippen molar-refractivity contribution < 1.29 is 4.79 Å². The molecule has 29 heavy (non-hydrogen) atoms. The summed E-state index contributed by atoms with van der Waals surface area (Å²) in [6.07, 6.45) is 7.34. The summed E-state index contributed by atoms with van der Waals surface area (Å²) < 4.78 is 0. The van der Waals surface area contributed by atoms with Gasteiger partial charge in [0.25, 0.3) is 0 Å². The molecule has 160 valence electrons. The van der Waals surface area contributed by atoms with Gasteiger partial charge in [-0.3, -0.25) is 4.90 Å². The van der Waals surface area contributed by atoms with Gasteiger partial charge in [-0.1, -0.05) is 13.0 Å². The molecule has 1 aromatic carbocycles. The highest BCUT2D eigenvalue weighted by atomic mass is 32.2. The van der Waals surface area contributed by atoms with Crippen LogP contribution in [0.15, 0.2) is 29.2 Å². The predicted molar refractivity (Wildman–Crippen MR) is 122 cm³/mol. The number of thioether (sulfide) groups is 1. The topological polar surface area (TPSA) is 47.6 Å². The van der Waals surface area contributed by atoms with Crippen molar-refractivity contribution in [2.75, 3.05) is 50.8 Å². The number of hydrogen-bond donors (Lipinski definition) is 2. The first-order valence-corrected chi connectivity index (χ1v) is 12.5. The summed E-state index contributed by atoms with van der Waals surface area (Å²) >= 11 is 1.68. The van der Waals surface area contributed by atoms with E-state index >= 15 is 0 Å². The molecule has 6 heteroatoms. The number of anilines is 1. The normalized spacial score (nSPS) is 30.3. The highest BCUT2D eigenvalue weighted by Crippen LogP contribution is 2.37. The lowest BCUT2D eigenvalue weighted by Gasteiger charge is -2.51. The van der Waals surface area contributed by atoms with E-state index < -0.39 is 0 Å². The largest absolute Gasteiger partial charge is 0.336 e. The van der Waals surface area contributed by atoms with Crippen molar-refractivity contribution in [2.45, 2.75) is 43.5 Å². The number of hydrogen-bond acceptors (Lipinski definition) is 4. The van der Waals surface area contributed by atoms with E-state index in [1.54, 1.807) is 11.8 Å². The lowest BCUT2D eigenvalue weighted by Crippen LogP contribution is -2.58. The molecule has 2 amide bonds. The highest BCUT2D eigenvalue weighted by Gasteiger charge is 2.40. The molecule has 4 atom stereocenters. The molecule has 2 bridgehead atoms. The third-order valence-electron chi connectivity index (χ3n) is 7.21. The molecule has 1 unspecified atom stereocenters. The molecule has 0 aliphatic carbocycles. The third-order valence-corrected chi connectivity index (χ3v) is 7.93. The molecule has 5 rings (SSSR count). The van der Waals surface area contributed by atoms with E-state index in [1.165, 1.54) is 58.4 Å². The average molecular weight is 417 g/mol. The summed E-state index contributed by atoms with van der Waals surface area (Å²) in [7, 11) is 0. The number of carbonyl (C=O) groups is 1. The summed E-state index contributed by atoms with van der Waals surface area (Å²) in [5.41, 5.74) is 0.857. The van der Waals surface area contributed by atoms with Crippen LogP contribution in [0.25, 0.3) is 0 Å². The van der Waals surface area contributed by atoms with E-state index in [0.717, 1.165) is 34.9 Å². The van der Waals surface area contributed by atoms with Gasteiger partial charge in [0.1, 0.15) is 0 Å². The first-order valence-electron chi connectivity index (χ1n) is 11.3. The molecule has 4 heterocycles. The Morgan fingerprint density at radius 2 is 2.03 bits per heavy atom. The fourth-order valence-electron chi connectivity index (χ4n) is 5.33. The molecule has 2 N–H and O–H groups in total. The Bertz CT molecular complexity index is 691. The standard InChI is InChI=1S/C23H36N4OS/c1-17-6-9-26(10-7-17)15-19-16-27-11-8-18(19)12-21(27)14-24-23(28)25-20-4-3-5-22(13-20)29-2/h3-5,13,17-19,21H,6-12,14-16H2,1-2H3,(H2,24,25,28)/t18-,19+,21+/m0/s1.